The lowest BCUT2D eigenvalue weighted by Gasteiger charge is -2.30. The predicted molar refractivity (Wildman–Crippen MR) is 99.6 cm³/mol. The highest BCUT2D eigenvalue weighted by Crippen LogP contribution is 2.25. The number of likely N-dealkylation sites (N-methyl/N-ethyl adjacent to an activating group) is 1. The number of ether oxygens (including phenoxy) is 1. The van der Waals surface area contributed by atoms with Crippen LogP contribution in [0.5, 0.6) is 0 Å². The SMILES string of the molecule is CN1[C@@H](CC(=O)N2CCOCC2)CC[C@H]1CNC(=O)c1ccnnc1.O=CO. The zero-order valence-electron chi connectivity index (χ0n) is 16.0. The van der Waals surface area contributed by atoms with Crippen LogP contribution in [0, 0.1) is 0 Å². The third-order valence-corrected chi connectivity index (χ3v) is 5.10. The molecule has 0 radical (unpaired) electrons. The molecule has 3 heterocycles. The summed E-state index contributed by atoms with van der Waals surface area (Å²) in [7, 11) is 2.04. The minimum Gasteiger partial charge on any atom is -0.483 e. The van der Waals surface area contributed by atoms with Gasteiger partial charge in [0, 0.05) is 38.1 Å². The van der Waals surface area contributed by atoms with Crippen molar-refractivity contribution in [3.8, 4) is 0 Å². The number of morpholine rings is 1. The Hall–Kier alpha value is -2.59. The zero-order valence-corrected chi connectivity index (χ0v) is 16.0. The molecule has 0 bridgehead atoms. The number of carboxylic acid groups (broad SMARTS) is 1. The first-order chi connectivity index (χ1) is 13.6. The van der Waals surface area contributed by atoms with Crippen LogP contribution < -0.4 is 5.32 Å². The van der Waals surface area contributed by atoms with E-state index < -0.39 is 0 Å². The Morgan fingerprint density at radius 1 is 1.29 bits per heavy atom. The molecule has 1 aromatic rings. The van der Waals surface area contributed by atoms with Gasteiger partial charge in [-0.05, 0) is 26.0 Å². The maximum atomic E-state index is 12.4. The second kappa shape index (κ2) is 11.3. The van der Waals surface area contributed by atoms with Crippen LogP contribution in [0.4, 0.5) is 0 Å². The number of amides is 2. The molecule has 2 aliphatic rings. The summed E-state index contributed by atoms with van der Waals surface area (Å²) in [5, 5.41) is 17.2. The number of carbonyl (C=O) groups excluding carboxylic acids is 2. The second-order valence-corrected chi connectivity index (χ2v) is 6.69. The van der Waals surface area contributed by atoms with Crippen LogP contribution in [0.3, 0.4) is 0 Å². The van der Waals surface area contributed by atoms with E-state index in [1.54, 1.807) is 6.07 Å². The fourth-order valence-corrected chi connectivity index (χ4v) is 3.46. The van der Waals surface area contributed by atoms with Gasteiger partial charge in [0.2, 0.25) is 5.91 Å². The van der Waals surface area contributed by atoms with Gasteiger partial charge in [0.05, 0.1) is 31.2 Å². The first kappa shape index (κ1) is 21.7. The Kier molecular flexibility index (Phi) is 8.76. The number of likely N-dealkylation sites (tertiary alicyclic amines) is 1. The van der Waals surface area contributed by atoms with Gasteiger partial charge in [-0.3, -0.25) is 19.3 Å². The molecule has 10 nitrogen and oxygen atoms in total. The maximum absolute atomic E-state index is 12.4. The van der Waals surface area contributed by atoms with Gasteiger partial charge in [-0.1, -0.05) is 0 Å². The Bertz CT molecular complexity index is 639. The zero-order chi connectivity index (χ0) is 20.4. The average Bonchev–Trinajstić information content (AvgIpc) is 3.07. The van der Waals surface area contributed by atoms with Crippen molar-refractivity contribution in [2.75, 3.05) is 39.9 Å². The van der Waals surface area contributed by atoms with E-state index in [4.69, 9.17) is 14.6 Å². The molecule has 2 aliphatic heterocycles. The number of rotatable bonds is 5. The fourth-order valence-electron chi connectivity index (χ4n) is 3.46. The fraction of sp³-hybridized carbons (Fsp3) is 0.611. The summed E-state index contributed by atoms with van der Waals surface area (Å²) in [6.07, 6.45) is 5.45. The number of carbonyl (C=O) groups is 3. The van der Waals surface area contributed by atoms with Crippen molar-refractivity contribution in [1.82, 2.24) is 25.3 Å². The summed E-state index contributed by atoms with van der Waals surface area (Å²) in [5.41, 5.74) is 0.509. The highest BCUT2D eigenvalue weighted by molar-refractivity contribution is 5.93. The van der Waals surface area contributed by atoms with E-state index in [1.165, 1.54) is 12.4 Å². The van der Waals surface area contributed by atoms with E-state index >= 15 is 0 Å². The number of hydrogen-bond acceptors (Lipinski definition) is 7. The molecule has 2 amide bonds. The molecule has 0 spiro atoms. The topological polar surface area (TPSA) is 125 Å². The minimum absolute atomic E-state index is 0.142. The summed E-state index contributed by atoms with van der Waals surface area (Å²) in [5.74, 6) is 0.0591. The lowest BCUT2D eigenvalue weighted by atomic mass is 10.1. The van der Waals surface area contributed by atoms with E-state index in [1.807, 2.05) is 11.9 Å². The average molecular weight is 393 g/mol. The molecule has 1 aromatic heterocycles. The van der Waals surface area contributed by atoms with Crippen LogP contribution in [0.25, 0.3) is 0 Å². The number of nitrogens with one attached hydrogen (secondary N) is 1. The van der Waals surface area contributed by atoms with Crippen molar-refractivity contribution in [3.63, 3.8) is 0 Å². The molecule has 2 atom stereocenters. The molecule has 2 saturated heterocycles. The van der Waals surface area contributed by atoms with E-state index in [9.17, 15) is 9.59 Å². The van der Waals surface area contributed by atoms with Crippen molar-refractivity contribution in [2.24, 2.45) is 0 Å². The monoisotopic (exact) mass is 393 g/mol. The first-order valence-electron chi connectivity index (χ1n) is 9.27. The van der Waals surface area contributed by atoms with Crippen molar-refractivity contribution in [3.05, 3.63) is 24.0 Å². The summed E-state index contributed by atoms with van der Waals surface area (Å²) in [6.45, 7) is 2.96. The molecule has 0 aromatic carbocycles. The van der Waals surface area contributed by atoms with Crippen LogP contribution >= 0.6 is 0 Å². The van der Waals surface area contributed by atoms with Crippen molar-refractivity contribution in [1.29, 1.82) is 0 Å². The Morgan fingerprint density at radius 2 is 1.96 bits per heavy atom. The predicted octanol–water partition coefficient (Wildman–Crippen LogP) is -0.381. The van der Waals surface area contributed by atoms with Gasteiger partial charge in [-0.25, -0.2) is 0 Å². The molecule has 28 heavy (non-hydrogen) atoms. The van der Waals surface area contributed by atoms with Crippen molar-refractivity contribution < 1.29 is 24.2 Å². The summed E-state index contributed by atoms with van der Waals surface area (Å²) < 4.78 is 5.30. The molecule has 3 rings (SSSR count). The Labute approximate surface area is 163 Å². The Balaban J connectivity index is 0.000000878. The second-order valence-electron chi connectivity index (χ2n) is 6.69. The molecule has 0 unspecified atom stereocenters. The molecular formula is C18H27N5O5. The van der Waals surface area contributed by atoms with Crippen LogP contribution in [-0.2, 0) is 14.3 Å². The van der Waals surface area contributed by atoms with Crippen molar-refractivity contribution in [2.45, 2.75) is 31.3 Å². The highest BCUT2D eigenvalue weighted by Gasteiger charge is 2.33. The molecular weight excluding hydrogens is 366 g/mol. The van der Waals surface area contributed by atoms with E-state index in [0.717, 1.165) is 12.8 Å². The smallest absolute Gasteiger partial charge is 0.290 e. The van der Waals surface area contributed by atoms with Gasteiger partial charge in [-0.15, -0.1) is 0 Å². The molecule has 154 valence electrons. The normalized spacial score (nSPS) is 22.1. The summed E-state index contributed by atoms with van der Waals surface area (Å²) in [4.78, 5) is 37.0. The lowest BCUT2D eigenvalue weighted by Crippen LogP contribution is -2.45. The number of hydrogen-bond donors (Lipinski definition) is 2. The largest absolute Gasteiger partial charge is 0.483 e. The molecule has 2 N–H and O–H groups in total. The van der Waals surface area contributed by atoms with Crippen LogP contribution in [0.2, 0.25) is 0 Å². The number of aromatic nitrogens is 2. The quantitative estimate of drug-likeness (QED) is 0.649. The van der Waals surface area contributed by atoms with Gasteiger partial charge in [0.1, 0.15) is 0 Å². The van der Waals surface area contributed by atoms with Gasteiger partial charge >= 0.3 is 0 Å². The van der Waals surface area contributed by atoms with Crippen molar-refractivity contribution >= 4 is 18.3 Å². The standard InChI is InChI=1S/C17H25N5O3.CH2O2/c1-21-14(10-16(23)22-6-8-25-9-7-22)2-3-15(21)12-18-17(24)13-4-5-19-20-11-13;2-1-3/h4-5,11,14-15H,2-3,6-10,12H2,1H3,(H,18,24);1H,(H,2,3)/t14-,15+;/m1./s1. The number of nitrogens with zero attached hydrogens (tertiary/aromatic N) is 4. The van der Waals surface area contributed by atoms with Crippen LogP contribution in [0.1, 0.15) is 29.6 Å². The summed E-state index contributed by atoms with van der Waals surface area (Å²) in [6, 6.07) is 2.13. The summed E-state index contributed by atoms with van der Waals surface area (Å²) >= 11 is 0. The van der Waals surface area contributed by atoms with Gasteiger partial charge < -0.3 is 20.1 Å². The third kappa shape index (κ3) is 6.24. The lowest BCUT2D eigenvalue weighted by molar-refractivity contribution is -0.136. The van der Waals surface area contributed by atoms with Gasteiger partial charge in [-0.2, -0.15) is 10.2 Å². The first-order valence-corrected chi connectivity index (χ1v) is 9.27. The Morgan fingerprint density at radius 3 is 2.61 bits per heavy atom. The van der Waals surface area contributed by atoms with E-state index in [0.29, 0.717) is 44.8 Å². The highest BCUT2D eigenvalue weighted by atomic mass is 16.5. The third-order valence-electron chi connectivity index (χ3n) is 5.10. The minimum atomic E-state index is -0.250. The van der Waals surface area contributed by atoms with Crippen LogP contribution in [0.15, 0.2) is 18.5 Å². The maximum Gasteiger partial charge on any atom is 0.290 e. The van der Waals surface area contributed by atoms with Gasteiger partial charge in [0.25, 0.3) is 12.4 Å². The molecule has 0 saturated carbocycles. The van der Waals surface area contributed by atoms with E-state index in [2.05, 4.69) is 20.4 Å². The molecule has 0 aliphatic carbocycles. The van der Waals surface area contributed by atoms with E-state index in [-0.39, 0.29) is 30.4 Å². The van der Waals surface area contributed by atoms with Crippen LogP contribution in [-0.4, -0.2) is 95.4 Å². The molecule has 2 fully saturated rings. The van der Waals surface area contributed by atoms with Gasteiger partial charge in [0.15, 0.2) is 0 Å². The molecule has 10 heteroatoms.